The average Bonchev–Trinajstić information content (AvgIpc) is 2.53. The lowest BCUT2D eigenvalue weighted by atomic mass is 10.1. The Labute approximate surface area is 130 Å². The molecule has 2 N–H and O–H groups in total. The van der Waals surface area contributed by atoms with Crippen molar-refractivity contribution in [2.75, 3.05) is 5.32 Å². The fourth-order valence-electron chi connectivity index (χ4n) is 1.96. The number of benzene rings is 2. The highest BCUT2D eigenvalue weighted by molar-refractivity contribution is 6.00. The molecular formula is C16H13F2NO4. The smallest absolute Gasteiger partial charge is 0.411 e. The third kappa shape index (κ3) is 4.26. The summed E-state index contributed by atoms with van der Waals surface area (Å²) in [6.45, 7) is -0.0242. The van der Waals surface area contributed by atoms with E-state index in [0.717, 1.165) is 11.6 Å². The van der Waals surface area contributed by atoms with Gasteiger partial charge in [-0.05, 0) is 11.6 Å². The molecule has 23 heavy (non-hydrogen) atoms. The molecule has 7 heteroatoms. The van der Waals surface area contributed by atoms with Crippen molar-refractivity contribution < 1.29 is 28.2 Å². The van der Waals surface area contributed by atoms with Gasteiger partial charge in [-0.1, -0.05) is 42.5 Å². The first-order valence-electron chi connectivity index (χ1n) is 6.61. The van der Waals surface area contributed by atoms with E-state index in [4.69, 9.17) is 9.84 Å². The molecule has 1 amide bonds. The molecule has 2 rings (SSSR count). The summed E-state index contributed by atoms with van der Waals surface area (Å²) in [5, 5.41) is 11.3. The van der Waals surface area contributed by atoms with Crippen molar-refractivity contribution in [1.82, 2.24) is 0 Å². The number of amides is 1. The maximum atomic E-state index is 12.9. The summed E-state index contributed by atoms with van der Waals surface area (Å²) < 4.78 is 30.7. The molecule has 0 aliphatic rings. The van der Waals surface area contributed by atoms with E-state index >= 15 is 0 Å². The molecule has 0 atom stereocenters. The van der Waals surface area contributed by atoms with Gasteiger partial charge in [0.1, 0.15) is 6.61 Å². The molecule has 0 unspecified atom stereocenters. The Hall–Kier alpha value is -2.96. The zero-order chi connectivity index (χ0) is 16.8. The number of carbonyl (C=O) groups excluding carboxylic acids is 1. The molecule has 0 aromatic heterocycles. The van der Waals surface area contributed by atoms with Crippen molar-refractivity contribution in [2.45, 2.75) is 13.0 Å². The van der Waals surface area contributed by atoms with Gasteiger partial charge in [-0.3, -0.25) is 5.32 Å². The molecule has 0 aliphatic carbocycles. The molecular weight excluding hydrogens is 308 g/mol. The highest BCUT2D eigenvalue weighted by atomic mass is 19.3. The number of carboxylic acids is 1. The van der Waals surface area contributed by atoms with Crippen LogP contribution in [0.3, 0.4) is 0 Å². The van der Waals surface area contributed by atoms with Gasteiger partial charge in [-0.25, -0.2) is 18.4 Å². The normalized spacial score (nSPS) is 10.4. The third-order valence-electron chi connectivity index (χ3n) is 3.00. The number of halogens is 2. The largest absolute Gasteiger partial charge is 0.478 e. The number of hydrogen-bond donors (Lipinski definition) is 2. The molecule has 0 saturated carbocycles. The number of alkyl halides is 2. The van der Waals surface area contributed by atoms with Gasteiger partial charge in [0.25, 0.3) is 6.43 Å². The van der Waals surface area contributed by atoms with E-state index in [-0.39, 0.29) is 12.3 Å². The first-order chi connectivity index (χ1) is 11.0. The van der Waals surface area contributed by atoms with E-state index in [1.54, 1.807) is 30.3 Å². The Bertz CT molecular complexity index is 704. The first kappa shape index (κ1) is 16.4. The van der Waals surface area contributed by atoms with Gasteiger partial charge in [-0.2, -0.15) is 0 Å². The molecule has 2 aromatic rings. The van der Waals surface area contributed by atoms with Crippen molar-refractivity contribution in [2.24, 2.45) is 0 Å². The molecule has 0 radical (unpaired) electrons. The first-order valence-corrected chi connectivity index (χ1v) is 6.61. The molecule has 2 aromatic carbocycles. The maximum absolute atomic E-state index is 12.9. The van der Waals surface area contributed by atoms with Crippen molar-refractivity contribution in [1.29, 1.82) is 0 Å². The average molecular weight is 321 g/mol. The molecule has 0 spiro atoms. The van der Waals surface area contributed by atoms with E-state index < -0.39 is 29.6 Å². The summed E-state index contributed by atoms with van der Waals surface area (Å²) in [5.74, 6) is -1.56. The van der Waals surface area contributed by atoms with E-state index in [9.17, 15) is 18.4 Å². The number of anilines is 1. The van der Waals surface area contributed by atoms with Crippen LogP contribution in [0, 0.1) is 0 Å². The fourth-order valence-corrected chi connectivity index (χ4v) is 1.96. The lowest BCUT2D eigenvalue weighted by molar-refractivity contribution is 0.0686. The second kappa shape index (κ2) is 7.35. The number of carboxylic acid groups (broad SMARTS) is 1. The number of rotatable bonds is 5. The third-order valence-corrected chi connectivity index (χ3v) is 3.00. The Kier molecular flexibility index (Phi) is 5.24. The van der Waals surface area contributed by atoms with Crippen molar-refractivity contribution in [3.05, 3.63) is 65.2 Å². The van der Waals surface area contributed by atoms with E-state index in [1.807, 2.05) is 0 Å². The molecule has 0 bridgehead atoms. The van der Waals surface area contributed by atoms with Crippen LogP contribution in [0.4, 0.5) is 19.3 Å². The maximum Gasteiger partial charge on any atom is 0.411 e. The van der Waals surface area contributed by atoms with E-state index in [2.05, 4.69) is 5.32 Å². The monoisotopic (exact) mass is 321 g/mol. The van der Waals surface area contributed by atoms with Crippen LogP contribution >= 0.6 is 0 Å². The number of ether oxygens (including phenoxy) is 1. The number of hydrogen-bond acceptors (Lipinski definition) is 3. The van der Waals surface area contributed by atoms with Crippen LogP contribution in [0.2, 0.25) is 0 Å². The highest BCUT2D eigenvalue weighted by Gasteiger charge is 2.22. The fraction of sp³-hybridized carbons (Fsp3) is 0.125. The Morgan fingerprint density at radius 3 is 2.39 bits per heavy atom. The van der Waals surface area contributed by atoms with Crippen molar-refractivity contribution in [3.63, 3.8) is 0 Å². The Morgan fingerprint density at radius 1 is 1.09 bits per heavy atom. The molecule has 0 aliphatic heterocycles. The van der Waals surface area contributed by atoms with Gasteiger partial charge < -0.3 is 9.84 Å². The summed E-state index contributed by atoms with van der Waals surface area (Å²) in [6.07, 6.45) is -3.90. The second-order valence-electron chi connectivity index (χ2n) is 4.56. The summed E-state index contributed by atoms with van der Waals surface area (Å²) in [4.78, 5) is 22.9. The summed E-state index contributed by atoms with van der Waals surface area (Å²) in [5.41, 5.74) is -0.826. The molecule has 0 saturated heterocycles. The van der Waals surface area contributed by atoms with Crippen LogP contribution in [0.15, 0.2) is 48.5 Å². The van der Waals surface area contributed by atoms with Crippen LogP contribution in [0.5, 0.6) is 0 Å². The minimum Gasteiger partial charge on any atom is -0.478 e. The lowest BCUT2D eigenvalue weighted by Gasteiger charge is -2.12. The summed E-state index contributed by atoms with van der Waals surface area (Å²) in [7, 11) is 0. The van der Waals surface area contributed by atoms with Crippen LogP contribution in [0.1, 0.15) is 27.9 Å². The van der Waals surface area contributed by atoms with Gasteiger partial charge in [0, 0.05) is 5.56 Å². The van der Waals surface area contributed by atoms with Gasteiger partial charge in [0.05, 0.1) is 11.3 Å². The highest BCUT2D eigenvalue weighted by Crippen LogP contribution is 2.28. The summed E-state index contributed by atoms with van der Waals surface area (Å²) >= 11 is 0. The molecule has 120 valence electrons. The lowest BCUT2D eigenvalue weighted by Crippen LogP contribution is -2.17. The van der Waals surface area contributed by atoms with E-state index in [1.165, 1.54) is 12.1 Å². The van der Waals surface area contributed by atoms with Gasteiger partial charge >= 0.3 is 12.1 Å². The van der Waals surface area contributed by atoms with Crippen LogP contribution in [0.25, 0.3) is 0 Å². The standard InChI is InChI=1S/C16H13F2NO4/c17-14(18)11-7-4-8-12(13(11)15(20)21)19-16(22)23-9-10-5-2-1-3-6-10/h1-8,14H,9H2,(H,19,22)(H,20,21). The quantitative estimate of drug-likeness (QED) is 0.870. The van der Waals surface area contributed by atoms with Crippen LogP contribution in [-0.2, 0) is 11.3 Å². The Morgan fingerprint density at radius 2 is 1.78 bits per heavy atom. The number of nitrogens with one attached hydrogen (secondary N) is 1. The second-order valence-corrected chi connectivity index (χ2v) is 4.56. The minimum absolute atomic E-state index is 0.0242. The van der Waals surface area contributed by atoms with Gasteiger partial charge in [0.15, 0.2) is 0 Å². The number of carbonyl (C=O) groups is 2. The molecule has 0 fully saturated rings. The predicted octanol–water partition coefficient (Wildman–Crippen LogP) is 4.07. The summed E-state index contributed by atoms with van der Waals surface area (Å²) in [6, 6.07) is 12.3. The Balaban J connectivity index is 2.11. The van der Waals surface area contributed by atoms with Crippen molar-refractivity contribution in [3.8, 4) is 0 Å². The molecule has 5 nitrogen and oxygen atoms in total. The van der Waals surface area contributed by atoms with Crippen LogP contribution in [-0.4, -0.2) is 17.2 Å². The SMILES string of the molecule is O=C(Nc1cccc(C(F)F)c1C(=O)O)OCc1ccccc1. The zero-order valence-electron chi connectivity index (χ0n) is 11.8. The topological polar surface area (TPSA) is 75.6 Å². The number of aromatic carboxylic acids is 1. The predicted molar refractivity (Wildman–Crippen MR) is 78.6 cm³/mol. The van der Waals surface area contributed by atoms with E-state index in [0.29, 0.717) is 0 Å². The van der Waals surface area contributed by atoms with Gasteiger partial charge in [-0.15, -0.1) is 0 Å². The minimum atomic E-state index is -2.97. The van der Waals surface area contributed by atoms with Gasteiger partial charge in [0.2, 0.25) is 0 Å². The van der Waals surface area contributed by atoms with Crippen LogP contribution < -0.4 is 5.32 Å². The zero-order valence-corrected chi connectivity index (χ0v) is 11.8. The molecule has 0 heterocycles. The van der Waals surface area contributed by atoms with Crippen molar-refractivity contribution >= 4 is 17.7 Å².